The molecule has 2 unspecified atom stereocenters. The van der Waals surface area contributed by atoms with Crippen molar-refractivity contribution in [1.29, 1.82) is 0 Å². The van der Waals surface area contributed by atoms with Gasteiger partial charge >= 0.3 is 4.87 Å². The first kappa shape index (κ1) is 21.6. The van der Waals surface area contributed by atoms with Crippen LogP contribution in [-0.4, -0.2) is 32.9 Å². The van der Waals surface area contributed by atoms with E-state index in [1.807, 2.05) is 18.2 Å². The van der Waals surface area contributed by atoms with Gasteiger partial charge in [-0.25, -0.2) is 4.98 Å². The Kier molecular flexibility index (Phi) is 4.90. The zero-order valence-electron chi connectivity index (χ0n) is 19.1. The van der Waals surface area contributed by atoms with E-state index in [-0.39, 0.29) is 16.3 Å². The highest BCUT2D eigenvalue weighted by molar-refractivity contribution is 7.16. The topological polar surface area (TPSA) is 112 Å². The number of aromatic nitrogens is 3. The average molecular weight is 511 g/mol. The quantitative estimate of drug-likeness (QED) is 0.383. The highest BCUT2D eigenvalue weighted by atomic mass is 35.5. The van der Waals surface area contributed by atoms with Gasteiger partial charge in [0.1, 0.15) is 5.02 Å². The molecule has 2 atom stereocenters. The molecule has 0 aliphatic heterocycles. The summed E-state index contributed by atoms with van der Waals surface area (Å²) in [5.74, 6) is 2.93. The van der Waals surface area contributed by atoms with Gasteiger partial charge in [-0.15, -0.1) is 0 Å². The Morgan fingerprint density at radius 2 is 1.97 bits per heavy atom. The molecule has 35 heavy (non-hydrogen) atoms. The van der Waals surface area contributed by atoms with Crippen LogP contribution in [-0.2, 0) is 4.79 Å². The molecule has 0 saturated heterocycles. The molecule has 5 aliphatic rings. The molecule has 3 aromatic rings. The minimum atomic E-state index is -0.179. The van der Waals surface area contributed by atoms with Crippen molar-refractivity contribution < 1.29 is 4.79 Å². The largest absolute Gasteiger partial charge is 0.365 e. The number of nitrogens with zero attached hydrogens (tertiary/aromatic N) is 2. The first-order valence-electron chi connectivity index (χ1n) is 12.4. The summed E-state index contributed by atoms with van der Waals surface area (Å²) in [5.41, 5.74) is 1.44. The Labute approximate surface area is 211 Å². The average Bonchev–Trinajstić information content (AvgIpc) is 3.55. The second-order valence-electron chi connectivity index (χ2n) is 10.9. The molecule has 5 saturated carbocycles. The number of H-pyrrole nitrogens is 1. The Bertz CT molecular complexity index is 1370. The first-order valence-corrected chi connectivity index (χ1v) is 13.6. The van der Waals surface area contributed by atoms with E-state index in [9.17, 15) is 9.59 Å². The third-order valence-corrected chi connectivity index (χ3v) is 9.51. The Hall–Kier alpha value is -2.65. The highest BCUT2D eigenvalue weighted by Crippen LogP contribution is 2.60. The number of aromatic amines is 1. The lowest BCUT2D eigenvalue weighted by molar-refractivity contribution is -0.147. The number of hydrogen-bond acceptors (Lipinski definition) is 7. The summed E-state index contributed by atoms with van der Waals surface area (Å²) in [4.78, 5) is 36.6. The van der Waals surface area contributed by atoms with Crippen molar-refractivity contribution in [3.63, 3.8) is 0 Å². The number of hydrogen-bond donors (Lipinski definition) is 4. The number of rotatable bonds is 6. The number of thiazole rings is 1. The van der Waals surface area contributed by atoms with Crippen LogP contribution in [0.4, 0.5) is 17.5 Å². The van der Waals surface area contributed by atoms with Crippen LogP contribution < -0.4 is 20.8 Å². The lowest BCUT2D eigenvalue weighted by atomic mass is 9.47. The summed E-state index contributed by atoms with van der Waals surface area (Å²) in [6.07, 6.45) is 9.16. The smallest absolute Gasteiger partial charge is 0.305 e. The van der Waals surface area contributed by atoms with E-state index in [4.69, 9.17) is 16.6 Å². The number of benzene rings is 1. The number of carbonyl (C=O) groups excluding carboxylic acids is 1. The van der Waals surface area contributed by atoms with Crippen LogP contribution in [0.5, 0.6) is 0 Å². The summed E-state index contributed by atoms with van der Waals surface area (Å²) < 4.78 is 0.876. The van der Waals surface area contributed by atoms with Crippen molar-refractivity contribution in [2.24, 2.45) is 23.2 Å². The number of carbonyl (C=O) groups is 1. The van der Waals surface area contributed by atoms with E-state index in [1.165, 1.54) is 24.2 Å². The summed E-state index contributed by atoms with van der Waals surface area (Å²) in [6.45, 7) is 0. The number of nitrogens with one attached hydrogen (secondary N) is 4. The Morgan fingerprint density at radius 3 is 2.74 bits per heavy atom. The summed E-state index contributed by atoms with van der Waals surface area (Å²) in [7, 11) is 0. The summed E-state index contributed by atoms with van der Waals surface area (Å²) in [6, 6.07) is 6.35. The number of halogens is 1. The van der Waals surface area contributed by atoms with Gasteiger partial charge in [-0.3, -0.25) is 9.59 Å². The maximum Gasteiger partial charge on any atom is 0.305 e. The molecule has 0 radical (unpaired) electrons. The molecule has 5 fully saturated rings. The van der Waals surface area contributed by atoms with E-state index in [1.54, 1.807) is 6.20 Å². The van der Waals surface area contributed by atoms with Gasteiger partial charge in [-0.1, -0.05) is 22.9 Å². The second kappa shape index (κ2) is 7.93. The van der Waals surface area contributed by atoms with Gasteiger partial charge in [0.25, 0.3) is 0 Å². The summed E-state index contributed by atoms with van der Waals surface area (Å²) in [5, 5.41) is 10.7. The van der Waals surface area contributed by atoms with Crippen molar-refractivity contribution >= 4 is 56.5 Å². The molecular weight excluding hydrogens is 484 g/mol. The molecule has 4 N–H and O–H groups in total. The van der Waals surface area contributed by atoms with Gasteiger partial charge in [-0.2, -0.15) is 4.98 Å². The molecule has 0 spiro atoms. The maximum atomic E-state index is 13.2. The lowest BCUT2D eigenvalue weighted by Crippen LogP contribution is -2.60. The predicted octanol–water partition coefficient (Wildman–Crippen LogP) is 4.66. The van der Waals surface area contributed by atoms with E-state index in [0.717, 1.165) is 48.0 Å². The maximum absolute atomic E-state index is 13.2. The molecule has 2 heterocycles. The molecule has 182 valence electrons. The number of amides is 1. The van der Waals surface area contributed by atoms with Gasteiger partial charge in [-0.05, 0) is 80.9 Å². The summed E-state index contributed by atoms with van der Waals surface area (Å²) >= 11 is 7.69. The number of fused-ring (bicyclic) bond motifs is 1. The van der Waals surface area contributed by atoms with E-state index >= 15 is 0 Å². The van der Waals surface area contributed by atoms with E-state index < -0.39 is 0 Å². The van der Waals surface area contributed by atoms with Crippen LogP contribution in [0.1, 0.15) is 44.9 Å². The van der Waals surface area contributed by atoms with Crippen molar-refractivity contribution in [3.8, 4) is 0 Å². The van der Waals surface area contributed by atoms with Gasteiger partial charge in [0, 0.05) is 17.8 Å². The van der Waals surface area contributed by atoms with Crippen LogP contribution in [0, 0.1) is 23.2 Å². The van der Waals surface area contributed by atoms with E-state index in [0.29, 0.717) is 46.5 Å². The van der Waals surface area contributed by atoms with Crippen LogP contribution in [0.15, 0.2) is 29.2 Å². The zero-order chi connectivity index (χ0) is 23.7. The predicted molar refractivity (Wildman–Crippen MR) is 137 cm³/mol. The Morgan fingerprint density at radius 1 is 1.17 bits per heavy atom. The van der Waals surface area contributed by atoms with Crippen molar-refractivity contribution in [3.05, 3.63) is 39.1 Å². The second-order valence-corrected chi connectivity index (χ2v) is 12.3. The molecule has 8 rings (SSSR count). The molecular formula is C25H27ClN6O2S. The van der Waals surface area contributed by atoms with Crippen LogP contribution in [0.25, 0.3) is 10.2 Å². The fourth-order valence-electron chi connectivity index (χ4n) is 6.94. The standard InChI is InChI=1S/C25H27ClN6O2S/c26-17-11-27-23(29-16-3-4-18-19(7-16)35-24(34)30-18)32-21(17)31-20-13-5-12-6-14(20)10-25(8-12,9-13)22(33)28-15-1-2-15/h3-4,7,11-15,20H,1-2,5-6,8-10H2,(H,28,33)(H,30,34)(H2,27,29,31,32)/t12?,13?,14?,20-,25+. The van der Waals surface area contributed by atoms with Gasteiger partial charge in [0.2, 0.25) is 11.9 Å². The molecule has 8 nitrogen and oxygen atoms in total. The van der Waals surface area contributed by atoms with Crippen molar-refractivity contribution in [2.45, 2.75) is 57.0 Å². The normalized spacial score (nSPS) is 31.0. The molecule has 1 amide bonds. The minimum Gasteiger partial charge on any atom is -0.365 e. The fraction of sp³-hybridized carbons (Fsp3) is 0.520. The molecule has 5 aliphatic carbocycles. The SMILES string of the molecule is O=c1[nH]c2ccc(Nc3ncc(Cl)c(N[C@H]4C5CC6CC4C[C@@](C(=O)NC4CC4)(C6)C5)n3)cc2s1. The van der Waals surface area contributed by atoms with Crippen LogP contribution in [0.2, 0.25) is 5.02 Å². The monoisotopic (exact) mass is 510 g/mol. The van der Waals surface area contributed by atoms with Crippen LogP contribution >= 0.6 is 22.9 Å². The molecule has 1 aromatic carbocycles. The van der Waals surface area contributed by atoms with Crippen LogP contribution in [0.3, 0.4) is 0 Å². The fourth-order valence-corrected chi connectivity index (χ4v) is 7.86. The highest BCUT2D eigenvalue weighted by Gasteiger charge is 2.58. The first-order chi connectivity index (χ1) is 16.9. The lowest BCUT2D eigenvalue weighted by Gasteiger charge is -2.59. The third-order valence-electron chi connectivity index (χ3n) is 8.39. The third kappa shape index (κ3) is 3.89. The molecule has 2 aromatic heterocycles. The van der Waals surface area contributed by atoms with Crippen molar-refractivity contribution in [2.75, 3.05) is 10.6 Å². The molecule has 10 heteroatoms. The minimum absolute atomic E-state index is 0.0751. The van der Waals surface area contributed by atoms with Gasteiger partial charge < -0.3 is 20.9 Å². The number of anilines is 3. The van der Waals surface area contributed by atoms with Gasteiger partial charge in [0.15, 0.2) is 5.82 Å². The Balaban J connectivity index is 1.10. The van der Waals surface area contributed by atoms with E-state index in [2.05, 4.69) is 25.9 Å². The molecule has 4 bridgehead atoms. The van der Waals surface area contributed by atoms with Crippen molar-refractivity contribution in [1.82, 2.24) is 20.3 Å². The zero-order valence-corrected chi connectivity index (χ0v) is 20.7. The van der Waals surface area contributed by atoms with Gasteiger partial charge in [0.05, 0.1) is 21.8 Å².